The smallest absolute Gasteiger partial charge is 0.220 e. The summed E-state index contributed by atoms with van der Waals surface area (Å²) in [6, 6.07) is 18.1. The summed E-state index contributed by atoms with van der Waals surface area (Å²) in [7, 11) is 0. The predicted molar refractivity (Wildman–Crippen MR) is 98.0 cm³/mol. The second-order valence-corrected chi connectivity index (χ2v) is 6.53. The van der Waals surface area contributed by atoms with Crippen molar-refractivity contribution in [2.45, 2.75) is 44.8 Å². The van der Waals surface area contributed by atoms with E-state index in [1.165, 1.54) is 5.56 Å². The Morgan fingerprint density at radius 1 is 1.12 bits per heavy atom. The number of hydrogen-bond donors (Lipinski definition) is 1. The molecule has 0 saturated heterocycles. The Morgan fingerprint density at radius 2 is 1.84 bits per heavy atom. The van der Waals surface area contributed by atoms with E-state index in [2.05, 4.69) is 24.4 Å². The van der Waals surface area contributed by atoms with Gasteiger partial charge < -0.3 is 14.8 Å². The Hall–Kier alpha value is -2.49. The summed E-state index contributed by atoms with van der Waals surface area (Å²) in [5.74, 6) is 1.61. The zero-order chi connectivity index (χ0) is 17.5. The number of aryl methyl sites for hydroxylation is 1. The normalized spacial score (nSPS) is 16.9. The standard InChI is InChI=1S/C21H25NO3/c1-16(11-12-17-7-3-2-4-8-17)22-21(23)14-13-18-15-24-19-9-5-6-10-20(19)25-18/h2-10,16,18H,11-15H2,1H3,(H,22,23)/t16-,18+/m1/s1. The van der Waals surface area contributed by atoms with Gasteiger partial charge >= 0.3 is 0 Å². The van der Waals surface area contributed by atoms with Gasteiger partial charge in [0.1, 0.15) is 12.7 Å². The fraction of sp³-hybridized carbons (Fsp3) is 0.381. The minimum absolute atomic E-state index is 0.0692. The lowest BCUT2D eigenvalue weighted by Crippen LogP contribution is -2.35. The number of carbonyl (C=O) groups is 1. The molecule has 0 saturated carbocycles. The van der Waals surface area contributed by atoms with E-state index in [1.807, 2.05) is 42.5 Å². The molecule has 0 radical (unpaired) electrons. The van der Waals surface area contributed by atoms with Crippen LogP contribution in [0.3, 0.4) is 0 Å². The first-order valence-corrected chi connectivity index (χ1v) is 8.92. The van der Waals surface area contributed by atoms with Crippen molar-refractivity contribution in [3.05, 3.63) is 60.2 Å². The fourth-order valence-electron chi connectivity index (χ4n) is 2.94. The predicted octanol–water partition coefficient (Wildman–Crippen LogP) is 3.74. The number of benzene rings is 2. The largest absolute Gasteiger partial charge is 0.486 e. The summed E-state index contributed by atoms with van der Waals surface area (Å²) in [6.07, 6.45) is 2.95. The minimum Gasteiger partial charge on any atom is -0.486 e. The Kier molecular flexibility index (Phi) is 5.94. The van der Waals surface area contributed by atoms with Gasteiger partial charge in [0.25, 0.3) is 0 Å². The number of fused-ring (bicyclic) bond motifs is 1. The Labute approximate surface area is 149 Å². The van der Waals surface area contributed by atoms with Crippen LogP contribution in [0.2, 0.25) is 0 Å². The van der Waals surface area contributed by atoms with Gasteiger partial charge in [0.05, 0.1) is 0 Å². The molecule has 0 bridgehead atoms. The van der Waals surface area contributed by atoms with Crippen LogP contribution in [-0.4, -0.2) is 24.7 Å². The van der Waals surface area contributed by atoms with E-state index in [-0.39, 0.29) is 18.1 Å². The van der Waals surface area contributed by atoms with Crippen LogP contribution in [0.5, 0.6) is 11.5 Å². The van der Waals surface area contributed by atoms with E-state index in [1.54, 1.807) is 0 Å². The summed E-state index contributed by atoms with van der Waals surface area (Å²) in [6.45, 7) is 2.55. The first-order chi connectivity index (χ1) is 12.2. The van der Waals surface area contributed by atoms with Crippen molar-refractivity contribution in [2.75, 3.05) is 6.61 Å². The van der Waals surface area contributed by atoms with Gasteiger partial charge in [-0.25, -0.2) is 0 Å². The zero-order valence-electron chi connectivity index (χ0n) is 14.6. The minimum atomic E-state index is -0.0692. The van der Waals surface area contributed by atoms with Crippen LogP contribution >= 0.6 is 0 Å². The van der Waals surface area contributed by atoms with Crippen molar-refractivity contribution < 1.29 is 14.3 Å². The molecule has 0 aromatic heterocycles. The van der Waals surface area contributed by atoms with Gasteiger partial charge in [-0.2, -0.15) is 0 Å². The van der Waals surface area contributed by atoms with Gasteiger partial charge in [-0.1, -0.05) is 42.5 Å². The monoisotopic (exact) mass is 339 g/mol. The van der Waals surface area contributed by atoms with Gasteiger partial charge in [-0.15, -0.1) is 0 Å². The molecule has 0 fully saturated rings. The molecular formula is C21H25NO3. The van der Waals surface area contributed by atoms with E-state index in [0.29, 0.717) is 19.4 Å². The molecule has 1 aliphatic rings. The van der Waals surface area contributed by atoms with E-state index < -0.39 is 0 Å². The zero-order valence-corrected chi connectivity index (χ0v) is 14.6. The van der Waals surface area contributed by atoms with Crippen molar-refractivity contribution in [1.82, 2.24) is 5.32 Å². The average molecular weight is 339 g/mol. The second kappa shape index (κ2) is 8.56. The molecule has 25 heavy (non-hydrogen) atoms. The molecule has 1 N–H and O–H groups in total. The molecule has 4 nitrogen and oxygen atoms in total. The molecule has 0 unspecified atom stereocenters. The van der Waals surface area contributed by atoms with Gasteiger partial charge in [-0.3, -0.25) is 4.79 Å². The molecule has 132 valence electrons. The van der Waals surface area contributed by atoms with E-state index in [4.69, 9.17) is 9.47 Å². The quantitative estimate of drug-likeness (QED) is 0.836. The molecule has 2 atom stereocenters. The summed E-state index contributed by atoms with van der Waals surface area (Å²) in [4.78, 5) is 12.1. The van der Waals surface area contributed by atoms with Gasteiger partial charge in [-0.05, 0) is 43.9 Å². The van der Waals surface area contributed by atoms with Crippen molar-refractivity contribution in [3.63, 3.8) is 0 Å². The summed E-state index contributed by atoms with van der Waals surface area (Å²) in [5.41, 5.74) is 1.30. The molecule has 4 heteroatoms. The van der Waals surface area contributed by atoms with E-state index >= 15 is 0 Å². The number of rotatable bonds is 7. The van der Waals surface area contributed by atoms with Crippen LogP contribution in [-0.2, 0) is 11.2 Å². The third kappa shape index (κ3) is 5.24. The first-order valence-electron chi connectivity index (χ1n) is 8.92. The molecular weight excluding hydrogens is 314 g/mol. The Balaban J connectivity index is 1.37. The number of nitrogens with one attached hydrogen (secondary N) is 1. The first kappa shape index (κ1) is 17.3. The Morgan fingerprint density at radius 3 is 2.64 bits per heavy atom. The van der Waals surface area contributed by atoms with E-state index in [9.17, 15) is 4.79 Å². The van der Waals surface area contributed by atoms with Crippen molar-refractivity contribution in [2.24, 2.45) is 0 Å². The van der Waals surface area contributed by atoms with Gasteiger partial charge in [0, 0.05) is 12.5 Å². The fourth-order valence-corrected chi connectivity index (χ4v) is 2.94. The maximum atomic E-state index is 12.1. The maximum Gasteiger partial charge on any atom is 0.220 e. The third-order valence-corrected chi connectivity index (χ3v) is 4.38. The van der Waals surface area contributed by atoms with Crippen molar-refractivity contribution in [1.29, 1.82) is 0 Å². The molecule has 1 aliphatic heterocycles. The molecule has 2 aromatic carbocycles. The van der Waals surface area contributed by atoms with E-state index in [0.717, 1.165) is 24.3 Å². The summed E-state index contributed by atoms with van der Waals surface area (Å²) < 4.78 is 11.6. The second-order valence-electron chi connectivity index (χ2n) is 6.53. The lowest BCUT2D eigenvalue weighted by Gasteiger charge is -2.26. The highest BCUT2D eigenvalue weighted by atomic mass is 16.6. The van der Waals surface area contributed by atoms with Crippen LogP contribution < -0.4 is 14.8 Å². The molecule has 2 aromatic rings. The summed E-state index contributed by atoms with van der Waals surface area (Å²) in [5, 5.41) is 3.07. The number of para-hydroxylation sites is 2. The topological polar surface area (TPSA) is 47.6 Å². The lowest BCUT2D eigenvalue weighted by molar-refractivity contribution is -0.122. The lowest BCUT2D eigenvalue weighted by atomic mass is 10.1. The van der Waals surface area contributed by atoms with Crippen LogP contribution in [0, 0.1) is 0 Å². The molecule has 1 amide bonds. The highest BCUT2D eigenvalue weighted by Gasteiger charge is 2.21. The molecule has 0 aliphatic carbocycles. The van der Waals surface area contributed by atoms with Gasteiger partial charge in [0.15, 0.2) is 11.5 Å². The summed E-state index contributed by atoms with van der Waals surface area (Å²) >= 11 is 0. The number of ether oxygens (including phenoxy) is 2. The highest BCUT2D eigenvalue weighted by Crippen LogP contribution is 2.31. The molecule has 0 spiro atoms. The van der Waals surface area contributed by atoms with Crippen LogP contribution in [0.15, 0.2) is 54.6 Å². The van der Waals surface area contributed by atoms with Crippen LogP contribution in [0.4, 0.5) is 0 Å². The number of hydrogen-bond acceptors (Lipinski definition) is 3. The van der Waals surface area contributed by atoms with Crippen molar-refractivity contribution >= 4 is 5.91 Å². The third-order valence-electron chi connectivity index (χ3n) is 4.38. The molecule has 1 heterocycles. The highest BCUT2D eigenvalue weighted by molar-refractivity contribution is 5.76. The average Bonchev–Trinajstić information content (AvgIpc) is 2.65. The number of amides is 1. The molecule has 3 rings (SSSR count). The number of carbonyl (C=O) groups excluding carboxylic acids is 1. The SMILES string of the molecule is C[C@H](CCc1ccccc1)NC(=O)CC[C@H]1COc2ccccc2O1. The maximum absolute atomic E-state index is 12.1. The van der Waals surface area contributed by atoms with Gasteiger partial charge in [0.2, 0.25) is 5.91 Å². The Bertz CT molecular complexity index is 687. The van der Waals surface area contributed by atoms with Crippen molar-refractivity contribution in [3.8, 4) is 11.5 Å². The van der Waals surface area contributed by atoms with Crippen LogP contribution in [0.1, 0.15) is 31.7 Å². The van der Waals surface area contributed by atoms with Crippen LogP contribution in [0.25, 0.3) is 0 Å².